The van der Waals surface area contributed by atoms with Crippen molar-refractivity contribution in [3.8, 4) is 0 Å². The van der Waals surface area contributed by atoms with Crippen LogP contribution >= 0.6 is 11.6 Å². The Morgan fingerprint density at radius 1 is 0.950 bits per heavy atom. The third-order valence-electron chi connectivity index (χ3n) is 3.22. The van der Waals surface area contributed by atoms with Crippen LogP contribution in [0.1, 0.15) is 38.8 Å². The highest BCUT2D eigenvalue weighted by Crippen LogP contribution is 2.33. The standard InChI is InChI=1S/C18H22ClN/c1-18(2,3)13-17(14-9-5-4-6-10-14)20-16-12-8-7-11-15(16)19/h4-12,17,20H,13H2,1-3H3. The summed E-state index contributed by atoms with van der Waals surface area (Å²) in [6.45, 7) is 6.78. The Labute approximate surface area is 127 Å². The first kappa shape index (κ1) is 14.9. The van der Waals surface area contributed by atoms with E-state index in [1.54, 1.807) is 0 Å². The molecule has 20 heavy (non-hydrogen) atoms. The van der Waals surface area contributed by atoms with E-state index in [9.17, 15) is 0 Å². The zero-order chi connectivity index (χ0) is 14.6. The molecule has 1 atom stereocenters. The summed E-state index contributed by atoms with van der Waals surface area (Å²) in [5.74, 6) is 0. The van der Waals surface area contributed by atoms with E-state index in [4.69, 9.17) is 11.6 Å². The molecule has 0 aliphatic carbocycles. The fourth-order valence-corrected chi connectivity index (χ4v) is 2.51. The van der Waals surface area contributed by atoms with Crippen molar-refractivity contribution in [2.45, 2.75) is 33.2 Å². The number of para-hydroxylation sites is 1. The van der Waals surface area contributed by atoms with Crippen LogP contribution < -0.4 is 5.32 Å². The van der Waals surface area contributed by atoms with Gasteiger partial charge in [0.05, 0.1) is 16.8 Å². The summed E-state index contributed by atoms with van der Waals surface area (Å²) in [7, 11) is 0. The molecule has 2 heteroatoms. The normalized spacial score (nSPS) is 13.0. The van der Waals surface area contributed by atoms with Gasteiger partial charge in [-0.05, 0) is 29.5 Å². The molecule has 0 fully saturated rings. The van der Waals surface area contributed by atoms with Gasteiger partial charge in [-0.1, -0.05) is 74.8 Å². The zero-order valence-corrected chi connectivity index (χ0v) is 13.1. The van der Waals surface area contributed by atoms with E-state index in [-0.39, 0.29) is 11.5 Å². The first-order valence-electron chi connectivity index (χ1n) is 7.02. The monoisotopic (exact) mass is 287 g/mol. The summed E-state index contributed by atoms with van der Waals surface area (Å²) in [6.07, 6.45) is 1.04. The smallest absolute Gasteiger partial charge is 0.0637 e. The number of rotatable bonds is 4. The van der Waals surface area contributed by atoms with Crippen molar-refractivity contribution in [2.75, 3.05) is 5.32 Å². The minimum Gasteiger partial charge on any atom is -0.377 e. The van der Waals surface area contributed by atoms with Crippen molar-refractivity contribution in [3.63, 3.8) is 0 Å². The molecule has 0 aliphatic heterocycles. The number of anilines is 1. The van der Waals surface area contributed by atoms with Crippen molar-refractivity contribution < 1.29 is 0 Å². The minimum atomic E-state index is 0.245. The molecule has 1 unspecified atom stereocenters. The second-order valence-electron chi connectivity index (χ2n) is 6.35. The number of hydrogen-bond donors (Lipinski definition) is 1. The van der Waals surface area contributed by atoms with E-state index in [0.29, 0.717) is 0 Å². The van der Waals surface area contributed by atoms with Crippen molar-refractivity contribution >= 4 is 17.3 Å². The quantitative estimate of drug-likeness (QED) is 0.735. The molecule has 0 heterocycles. The molecule has 1 N–H and O–H groups in total. The lowest BCUT2D eigenvalue weighted by molar-refractivity contribution is 0.352. The predicted octanol–water partition coefficient (Wildman–Crippen LogP) is 5.93. The largest absolute Gasteiger partial charge is 0.377 e. The fraction of sp³-hybridized carbons (Fsp3) is 0.333. The Kier molecular flexibility index (Phi) is 4.72. The Balaban J connectivity index is 2.26. The molecule has 1 nitrogen and oxygen atoms in total. The first-order chi connectivity index (χ1) is 9.46. The van der Waals surface area contributed by atoms with Gasteiger partial charge in [-0.15, -0.1) is 0 Å². The summed E-state index contributed by atoms with van der Waals surface area (Å²) < 4.78 is 0. The van der Waals surface area contributed by atoms with E-state index in [1.807, 2.05) is 30.3 Å². The minimum absolute atomic E-state index is 0.245. The fourth-order valence-electron chi connectivity index (χ4n) is 2.32. The van der Waals surface area contributed by atoms with Crippen LogP contribution in [0.15, 0.2) is 54.6 Å². The second kappa shape index (κ2) is 6.32. The van der Waals surface area contributed by atoms with Gasteiger partial charge in [-0.3, -0.25) is 0 Å². The zero-order valence-electron chi connectivity index (χ0n) is 12.4. The Bertz CT molecular complexity index is 543. The molecule has 0 saturated carbocycles. The van der Waals surface area contributed by atoms with Crippen molar-refractivity contribution in [1.29, 1.82) is 0 Å². The van der Waals surface area contributed by atoms with Crippen LogP contribution in [-0.2, 0) is 0 Å². The molecule has 0 aliphatic rings. The van der Waals surface area contributed by atoms with E-state index < -0.39 is 0 Å². The third-order valence-corrected chi connectivity index (χ3v) is 3.55. The van der Waals surface area contributed by atoms with Gasteiger partial charge in [0.2, 0.25) is 0 Å². The van der Waals surface area contributed by atoms with Gasteiger partial charge in [0.1, 0.15) is 0 Å². The first-order valence-corrected chi connectivity index (χ1v) is 7.39. The Morgan fingerprint density at radius 3 is 2.15 bits per heavy atom. The van der Waals surface area contributed by atoms with Crippen LogP contribution in [0.5, 0.6) is 0 Å². The van der Waals surface area contributed by atoms with Gasteiger partial charge in [-0.2, -0.15) is 0 Å². The van der Waals surface area contributed by atoms with Crippen LogP contribution in [0.25, 0.3) is 0 Å². The lowest BCUT2D eigenvalue weighted by Crippen LogP contribution is -2.18. The molecule has 2 aromatic rings. The van der Waals surface area contributed by atoms with Crippen molar-refractivity contribution in [2.24, 2.45) is 5.41 Å². The van der Waals surface area contributed by atoms with Crippen LogP contribution in [-0.4, -0.2) is 0 Å². The van der Waals surface area contributed by atoms with E-state index in [0.717, 1.165) is 17.1 Å². The van der Waals surface area contributed by atoms with Gasteiger partial charge in [-0.25, -0.2) is 0 Å². The lowest BCUT2D eigenvalue weighted by atomic mass is 9.85. The Hall–Kier alpha value is -1.47. The van der Waals surface area contributed by atoms with E-state index >= 15 is 0 Å². The lowest BCUT2D eigenvalue weighted by Gasteiger charge is -2.28. The van der Waals surface area contributed by atoms with Crippen LogP contribution in [0.2, 0.25) is 5.02 Å². The van der Waals surface area contributed by atoms with Gasteiger partial charge >= 0.3 is 0 Å². The predicted molar refractivity (Wildman–Crippen MR) is 88.3 cm³/mol. The van der Waals surface area contributed by atoms with Crippen molar-refractivity contribution in [3.05, 3.63) is 65.2 Å². The third kappa shape index (κ3) is 4.28. The maximum Gasteiger partial charge on any atom is 0.0637 e. The van der Waals surface area contributed by atoms with E-state index in [1.165, 1.54) is 5.56 Å². The highest BCUT2D eigenvalue weighted by atomic mass is 35.5. The number of benzene rings is 2. The van der Waals surface area contributed by atoms with Crippen LogP contribution in [0, 0.1) is 5.41 Å². The van der Waals surface area contributed by atoms with Gasteiger partial charge < -0.3 is 5.32 Å². The average Bonchev–Trinajstić information content (AvgIpc) is 2.40. The molecule has 0 saturated heterocycles. The molecule has 0 radical (unpaired) electrons. The van der Waals surface area contributed by atoms with Gasteiger partial charge in [0.15, 0.2) is 0 Å². The summed E-state index contributed by atoms with van der Waals surface area (Å²) >= 11 is 6.26. The summed E-state index contributed by atoms with van der Waals surface area (Å²) in [6, 6.07) is 18.7. The summed E-state index contributed by atoms with van der Waals surface area (Å²) in [4.78, 5) is 0. The van der Waals surface area contributed by atoms with Crippen molar-refractivity contribution in [1.82, 2.24) is 0 Å². The number of nitrogens with one attached hydrogen (secondary N) is 1. The van der Waals surface area contributed by atoms with Gasteiger partial charge in [0, 0.05) is 0 Å². The molecule has 0 bridgehead atoms. The number of hydrogen-bond acceptors (Lipinski definition) is 1. The highest BCUT2D eigenvalue weighted by molar-refractivity contribution is 6.33. The molecule has 2 aromatic carbocycles. The second-order valence-corrected chi connectivity index (χ2v) is 6.76. The van der Waals surface area contributed by atoms with Crippen LogP contribution in [0.4, 0.5) is 5.69 Å². The topological polar surface area (TPSA) is 12.0 Å². The van der Waals surface area contributed by atoms with E-state index in [2.05, 4.69) is 50.4 Å². The molecule has 2 rings (SSSR count). The molecule has 0 amide bonds. The SMILES string of the molecule is CC(C)(C)CC(Nc1ccccc1Cl)c1ccccc1. The maximum atomic E-state index is 6.26. The summed E-state index contributed by atoms with van der Waals surface area (Å²) in [5.41, 5.74) is 2.53. The number of halogens is 1. The average molecular weight is 288 g/mol. The molecule has 0 aromatic heterocycles. The molecule has 106 valence electrons. The highest BCUT2D eigenvalue weighted by Gasteiger charge is 2.20. The van der Waals surface area contributed by atoms with Gasteiger partial charge in [0.25, 0.3) is 0 Å². The maximum absolute atomic E-state index is 6.26. The molecular formula is C18H22ClN. The Morgan fingerprint density at radius 2 is 1.55 bits per heavy atom. The molecular weight excluding hydrogens is 266 g/mol. The van der Waals surface area contributed by atoms with Crippen LogP contribution in [0.3, 0.4) is 0 Å². The molecule has 0 spiro atoms. The summed E-state index contributed by atoms with van der Waals surface area (Å²) in [5, 5.41) is 4.35.